The Labute approximate surface area is 203 Å². The van der Waals surface area contributed by atoms with Gasteiger partial charge in [-0.15, -0.1) is 0 Å². The molecule has 36 heavy (non-hydrogen) atoms. The molecule has 10 nitrogen and oxygen atoms in total. The third-order valence-corrected chi connectivity index (χ3v) is 7.39. The average molecular weight is 527 g/mol. The number of ether oxygens (including phenoxy) is 1. The largest absolute Gasteiger partial charge is 0.534 e. The molecule has 0 amide bonds. The summed E-state index contributed by atoms with van der Waals surface area (Å²) in [5, 5.41) is 20.7. The maximum Gasteiger partial charge on any atom is 0.534 e. The smallest absolute Gasteiger partial charge is 0.469 e. The van der Waals surface area contributed by atoms with Crippen molar-refractivity contribution in [2.24, 2.45) is 11.3 Å². The maximum absolute atomic E-state index is 13.0. The second-order valence-corrected chi connectivity index (χ2v) is 10.3. The first kappa shape index (κ1) is 26.9. The van der Waals surface area contributed by atoms with Crippen LogP contribution in [0.4, 0.5) is 18.9 Å². The highest BCUT2D eigenvalue weighted by Gasteiger charge is 2.51. The molecule has 1 fully saturated rings. The quantitative estimate of drug-likeness (QED) is 0.167. The van der Waals surface area contributed by atoms with Gasteiger partial charge in [0, 0.05) is 35.7 Å². The Hall–Kier alpha value is -3.73. The molecule has 1 saturated carbocycles. The number of nitro groups is 1. The fourth-order valence-corrected chi connectivity index (χ4v) is 4.60. The van der Waals surface area contributed by atoms with E-state index in [9.17, 15) is 41.8 Å². The van der Waals surface area contributed by atoms with E-state index in [0.29, 0.717) is 6.42 Å². The zero-order chi connectivity index (χ0) is 27.1. The summed E-state index contributed by atoms with van der Waals surface area (Å²) in [6, 6.07) is 7.83. The van der Waals surface area contributed by atoms with E-state index in [1.807, 2.05) is 13.8 Å². The van der Waals surface area contributed by atoms with Crippen LogP contribution in [0.2, 0.25) is 0 Å². The van der Waals surface area contributed by atoms with Gasteiger partial charge in [0.1, 0.15) is 11.6 Å². The fourth-order valence-electron chi connectivity index (χ4n) is 4.18. The number of nitro benzene ring substituents is 1. The molecule has 0 unspecified atom stereocenters. The SMILES string of the molecule is COC(=O)C[C@@H]1C[C@H](c2cc(-c3ccc([N+](=O)[O-])cc3)c(C#N)c(OS(=O)(=O)C(F)(F)F)n2)C1(C)C. The number of methoxy groups -OCH3 is 1. The third kappa shape index (κ3) is 4.97. The van der Waals surface area contributed by atoms with Gasteiger partial charge in [-0.3, -0.25) is 14.9 Å². The first-order chi connectivity index (χ1) is 16.6. The molecule has 0 aliphatic heterocycles. The number of esters is 1. The summed E-state index contributed by atoms with van der Waals surface area (Å²) in [6.45, 7) is 3.63. The van der Waals surface area contributed by atoms with Gasteiger partial charge in [0.15, 0.2) is 0 Å². The van der Waals surface area contributed by atoms with Gasteiger partial charge in [0.25, 0.3) is 11.6 Å². The summed E-state index contributed by atoms with van der Waals surface area (Å²) in [6.07, 6.45) is 0.476. The van der Waals surface area contributed by atoms with Crippen molar-refractivity contribution in [3.8, 4) is 23.1 Å². The van der Waals surface area contributed by atoms with Crippen molar-refractivity contribution < 1.29 is 40.2 Å². The summed E-state index contributed by atoms with van der Waals surface area (Å²) >= 11 is 0. The summed E-state index contributed by atoms with van der Waals surface area (Å²) < 4.78 is 71.5. The number of alkyl halides is 3. The van der Waals surface area contributed by atoms with Gasteiger partial charge in [-0.1, -0.05) is 13.8 Å². The number of nitrogens with zero attached hydrogens (tertiary/aromatic N) is 3. The lowest BCUT2D eigenvalue weighted by Gasteiger charge is -2.51. The van der Waals surface area contributed by atoms with Gasteiger partial charge in [-0.25, -0.2) is 4.98 Å². The molecule has 1 aromatic carbocycles. The van der Waals surface area contributed by atoms with Gasteiger partial charge < -0.3 is 8.92 Å². The number of non-ortho nitro benzene ring substituents is 1. The Morgan fingerprint density at radius 1 is 1.31 bits per heavy atom. The highest BCUT2D eigenvalue weighted by Crippen LogP contribution is 2.58. The number of aromatic nitrogens is 1. The Bertz CT molecular complexity index is 1350. The van der Waals surface area contributed by atoms with Crippen LogP contribution in [0.1, 0.15) is 43.9 Å². The minimum Gasteiger partial charge on any atom is -0.469 e. The van der Waals surface area contributed by atoms with Crippen molar-refractivity contribution >= 4 is 21.8 Å². The van der Waals surface area contributed by atoms with Crippen LogP contribution < -0.4 is 4.18 Å². The molecule has 1 aliphatic rings. The number of nitriles is 1. The normalized spacial score (nSPS) is 19.0. The van der Waals surface area contributed by atoms with Gasteiger partial charge >= 0.3 is 21.6 Å². The monoisotopic (exact) mass is 527 g/mol. The van der Waals surface area contributed by atoms with E-state index >= 15 is 0 Å². The Morgan fingerprint density at radius 3 is 2.39 bits per heavy atom. The standard InChI is InChI=1S/C22H20F3N3O7S/c1-21(2)13(9-19(29)34-3)8-17(21)18-10-15(12-4-6-14(7-5-12)28(30)31)16(11-26)20(27-18)35-36(32,33)22(23,24)25/h4-7,10,13,17H,8-9H2,1-3H3/t13-,17+/m0/s1. The third-order valence-electron chi connectivity index (χ3n) is 6.45. The van der Waals surface area contributed by atoms with E-state index in [-0.39, 0.29) is 34.8 Å². The van der Waals surface area contributed by atoms with Crippen LogP contribution in [0.25, 0.3) is 11.1 Å². The van der Waals surface area contributed by atoms with E-state index in [4.69, 9.17) is 4.74 Å². The zero-order valence-electron chi connectivity index (χ0n) is 19.2. The summed E-state index contributed by atoms with van der Waals surface area (Å²) in [7, 11) is -4.91. The van der Waals surface area contributed by atoms with E-state index in [1.165, 1.54) is 25.3 Å². The Morgan fingerprint density at radius 2 is 1.92 bits per heavy atom. The van der Waals surface area contributed by atoms with Crippen molar-refractivity contribution in [2.75, 3.05) is 7.11 Å². The molecule has 1 aromatic heterocycles. The fraction of sp³-hybridized carbons (Fsp3) is 0.409. The molecule has 3 rings (SSSR count). The van der Waals surface area contributed by atoms with Crippen molar-refractivity contribution in [3.63, 3.8) is 0 Å². The zero-order valence-corrected chi connectivity index (χ0v) is 20.0. The van der Waals surface area contributed by atoms with Gasteiger partial charge in [-0.05, 0) is 41.5 Å². The number of halogens is 3. The topological polar surface area (TPSA) is 149 Å². The van der Waals surface area contributed by atoms with E-state index in [0.717, 1.165) is 12.1 Å². The minimum absolute atomic E-state index is 0.0167. The summed E-state index contributed by atoms with van der Waals surface area (Å²) in [5.74, 6) is -2.09. The molecule has 0 saturated heterocycles. The number of hydrogen-bond donors (Lipinski definition) is 0. The molecule has 2 atom stereocenters. The van der Waals surface area contributed by atoms with Crippen molar-refractivity contribution in [3.05, 3.63) is 51.7 Å². The van der Waals surface area contributed by atoms with Crippen LogP contribution in [-0.4, -0.2) is 36.9 Å². The molecule has 0 spiro atoms. The highest BCUT2D eigenvalue weighted by molar-refractivity contribution is 7.88. The predicted molar refractivity (Wildman–Crippen MR) is 118 cm³/mol. The predicted octanol–water partition coefficient (Wildman–Crippen LogP) is 4.45. The molecule has 14 heteroatoms. The minimum atomic E-state index is -6.15. The van der Waals surface area contributed by atoms with Crippen molar-refractivity contribution in [2.45, 2.75) is 38.1 Å². The lowest BCUT2D eigenvalue weighted by molar-refractivity contribution is -0.384. The molecular formula is C22H20F3N3O7S. The number of carbonyl (C=O) groups excluding carboxylic acids is 1. The lowest BCUT2D eigenvalue weighted by Crippen LogP contribution is -2.44. The number of hydrogen-bond acceptors (Lipinski definition) is 9. The van der Waals surface area contributed by atoms with E-state index in [2.05, 4.69) is 9.17 Å². The van der Waals surface area contributed by atoms with Crippen molar-refractivity contribution in [1.82, 2.24) is 4.98 Å². The first-order valence-corrected chi connectivity index (χ1v) is 11.8. The summed E-state index contributed by atoms with van der Waals surface area (Å²) in [5.41, 5.74) is -6.91. The molecule has 2 aromatic rings. The molecule has 0 radical (unpaired) electrons. The molecule has 1 aliphatic carbocycles. The summed E-state index contributed by atoms with van der Waals surface area (Å²) in [4.78, 5) is 26.0. The number of benzene rings is 1. The first-order valence-electron chi connectivity index (χ1n) is 10.4. The Kier molecular flexibility index (Phi) is 7.00. The van der Waals surface area contributed by atoms with Crippen LogP contribution in [0.5, 0.6) is 5.88 Å². The van der Waals surface area contributed by atoms with Crippen LogP contribution >= 0.6 is 0 Å². The molecule has 0 N–H and O–H groups in total. The maximum atomic E-state index is 13.0. The highest BCUT2D eigenvalue weighted by atomic mass is 32.2. The number of rotatable bonds is 7. The van der Waals surface area contributed by atoms with Crippen LogP contribution in [-0.2, 0) is 19.6 Å². The number of carbonyl (C=O) groups is 1. The number of pyridine rings is 1. The van der Waals surface area contributed by atoms with Crippen LogP contribution in [0.3, 0.4) is 0 Å². The van der Waals surface area contributed by atoms with Crippen molar-refractivity contribution in [1.29, 1.82) is 5.26 Å². The van der Waals surface area contributed by atoms with Crippen LogP contribution in [0.15, 0.2) is 30.3 Å². The Balaban J connectivity index is 2.16. The van der Waals surface area contributed by atoms with E-state index in [1.54, 1.807) is 6.07 Å². The second kappa shape index (κ2) is 9.38. The van der Waals surface area contributed by atoms with Gasteiger partial charge in [0.05, 0.1) is 12.0 Å². The lowest BCUT2D eigenvalue weighted by atomic mass is 9.52. The van der Waals surface area contributed by atoms with Crippen LogP contribution in [0, 0.1) is 32.8 Å². The molecule has 192 valence electrons. The van der Waals surface area contributed by atoms with Gasteiger partial charge in [0.2, 0.25) is 0 Å². The molecule has 1 heterocycles. The van der Waals surface area contributed by atoms with Gasteiger partial charge in [-0.2, -0.15) is 26.9 Å². The average Bonchev–Trinajstić information content (AvgIpc) is 2.79. The molecule has 0 bridgehead atoms. The second-order valence-electron chi connectivity index (χ2n) is 8.76. The molecular weight excluding hydrogens is 507 g/mol. The van der Waals surface area contributed by atoms with E-state index < -0.39 is 49.3 Å².